The van der Waals surface area contributed by atoms with Crippen LogP contribution in [0.3, 0.4) is 0 Å². The van der Waals surface area contributed by atoms with Crippen molar-refractivity contribution in [2.45, 2.75) is 32.0 Å². The Morgan fingerprint density at radius 2 is 1.85 bits per heavy atom. The van der Waals surface area contributed by atoms with Gasteiger partial charge >= 0.3 is 6.18 Å². The van der Waals surface area contributed by atoms with Crippen molar-refractivity contribution in [2.24, 2.45) is 0 Å². The minimum absolute atomic E-state index is 0.406. The van der Waals surface area contributed by atoms with Crippen molar-refractivity contribution in [1.82, 2.24) is 5.32 Å². The topological polar surface area (TPSA) is 29.1 Å². The first-order chi connectivity index (χ1) is 5.66. The number of amides is 1. The van der Waals surface area contributed by atoms with Crippen LogP contribution in [-0.2, 0) is 4.79 Å². The van der Waals surface area contributed by atoms with E-state index in [2.05, 4.69) is 21.2 Å². The number of hydrogen-bond acceptors (Lipinski definition) is 1. The van der Waals surface area contributed by atoms with Crippen LogP contribution in [0, 0.1) is 0 Å². The van der Waals surface area contributed by atoms with Gasteiger partial charge in [0.25, 0.3) is 0 Å². The molecular formula is C7H11BrF3NO. The average Bonchev–Trinajstić information content (AvgIpc) is 1.81. The van der Waals surface area contributed by atoms with E-state index in [1.165, 1.54) is 0 Å². The van der Waals surface area contributed by atoms with Gasteiger partial charge in [0.2, 0.25) is 5.91 Å². The Bertz CT molecular complexity index is 191. The average molecular weight is 262 g/mol. The molecule has 0 saturated carbocycles. The van der Waals surface area contributed by atoms with E-state index in [1.54, 1.807) is 13.8 Å². The zero-order valence-electron chi connectivity index (χ0n) is 7.33. The second-order valence-electron chi connectivity index (χ2n) is 3.36. The summed E-state index contributed by atoms with van der Waals surface area (Å²) in [6, 6.07) is 0. The molecule has 2 nitrogen and oxygen atoms in total. The molecule has 0 rings (SSSR count). The Kier molecular flexibility index (Phi) is 4.22. The van der Waals surface area contributed by atoms with E-state index in [9.17, 15) is 18.0 Å². The third-order valence-electron chi connectivity index (χ3n) is 1.17. The van der Waals surface area contributed by atoms with Crippen LogP contribution in [0.15, 0.2) is 0 Å². The van der Waals surface area contributed by atoms with E-state index >= 15 is 0 Å². The van der Waals surface area contributed by atoms with E-state index in [1.807, 2.05) is 0 Å². The highest BCUT2D eigenvalue weighted by Gasteiger charge is 2.32. The summed E-state index contributed by atoms with van der Waals surface area (Å²) in [6.07, 6.45) is -5.87. The molecule has 0 fully saturated rings. The largest absolute Gasteiger partial charge is 0.397 e. The number of carbonyl (C=O) groups is 1. The third kappa shape index (κ3) is 6.86. The molecule has 0 aliphatic heterocycles. The van der Waals surface area contributed by atoms with Gasteiger partial charge < -0.3 is 5.32 Å². The van der Waals surface area contributed by atoms with Crippen molar-refractivity contribution in [3.05, 3.63) is 0 Å². The molecule has 0 aromatic heterocycles. The highest BCUT2D eigenvalue weighted by Crippen LogP contribution is 2.19. The normalized spacial score (nSPS) is 12.8. The lowest BCUT2D eigenvalue weighted by Crippen LogP contribution is -2.46. The molecule has 0 saturated heterocycles. The molecule has 0 unspecified atom stereocenters. The van der Waals surface area contributed by atoms with Crippen molar-refractivity contribution in [1.29, 1.82) is 0 Å². The molecule has 0 aromatic rings. The molecule has 0 atom stereocenters. The standard InChI is InChI=1S/C7H11BrF3NO/c1-6(2,4-8)12-5(13)3-7(9,10)11/h3-4H2,1-2H3,(H,12,13). The van der Waals surface area contributed by atoms with Crippen molar-refractivity contribution >= 4 is 21.8 Å². The molecule has 6 heteroatoms. The van der Waals surface area contributed by atoms with Gasteiger partial charge in [-0.3, -0.25) is 4.79 Å². The number of hydrogen-bond donors (Lipinski definition) is 1. The fourth-order valence-electron chi connectivity index (χ4n) is 0.637. The maximum absolute atomic E-state index is 11.7. The van der Waals surface area contributed by atoms with Gasteiger partial charge in [0, 0.05) is 10.9 Å². The van der Waals surface area contributed by atoms with E-state index < -0.39 is 24.0 Å². The molecule has 13 heavy (non-hydrogen) atoms. The monoisotopic (exact) mass is 261 g/mol. The molecule has 1 amide bonds. The Balaban J connectivity index is 4.03. The maximum atomic E-state index is 11.7. The fourth-order valence-corrected chi connectivity index (χ4v) is 0.777. The summed E-state index contributed by atoms with van der Waals surface area (Å²) in [5.74, 6) is -1.00. The van der Waals surface area contributed by atoms with Crippen molar-refractivity contribution in [3.8, 4) is 0 Å². The van der Waals surface area contributed by atoms with Gasteiger partial charge in [-0.05, 0) is 13.8 Å². The van der Waals surface area contributed by atoms with Crippen LogP contribution in [0.5, 0.6) is 0 Å². The maximum Gasteiger partial charge on any atom is 0.397 e. The SMILES string of the molecule is CC(C)(CBr)NC(=O)CC(F)(F)F. The van der Waals surface area contributed by atoms with Crippen molar-refractivity contribution < 1.29 is 18.0 Å². The number of alkyl halides is 4. The van der Waals surface area contributed by atoms with Crippen LogP contribution in [0.1, 0.15) is 20.3 Å². The number of nitrogens with one attached hydrogen (secondary N) is 1. The van der Waals surface area contributed by atoms with Crippen LogP contribution in [-0.4, -0.2) is 23.0 Å². The molecule has 0 spiro atoms. The summed E-state index contributed by atoms with van der Waals surface area (Å²) in [7, 11) is 0. The van der Waals surface area contributed by atoms with Crippen molar-refractivity contribution in [2.75, 3.05) is 5.33 Å². The molecule has 0 radical (unpaired) electrons. The molecule has 0 aliphatic carbocycles. The number of rotatable bonds is 3. The van der Waals surface area contributed by atoms with Gasteiger partial charge in [-0.25, -0.2) is 0 Å². The quantitative estimate of drug-likeness (QED) is 0.776. The van der Waals surface area contributed by atoms with Gasteiger partial charge in [0.05, 0.1) is 0 Å². The van der Waals surface area contributed by atoms with Gasteiger partial charge in [0.15, 0.2) is 0 Å². The van der Waals surface area contributed by atoms with Crippen molar-refractivity contribution in [3.63, 3.8) is 0 Å². The predicted molar refractivity (Wildman–Crippen MR) is 46.7 cm³/mol. The lowest BCUT2D eigenvalue weighted by Gasteiger charge is -2.23. The lowest BCUT2D eigenvalue weighted by molar-refractivity contribution is -0.154. The smallest absolute Gasteiger partial charge is 0.350 e. The van der Waals surface area contributed by atoms with Crippen LogP contribution in [0.4, 0.5) is 13.2 Å². The van der Waals surface area contributed by atoms with E-state index in [4.69, 9.17) is 0 Å². The molecule has 0 bridgehead atoms. The highest BCUT2D eigenvalue weighted by atomic mass is 79.9. The Morgan fingerprint density at radius 1 is 1.38 bits per heavy atom. The second kappa shape index (κ2) is 4.30. The van der Waals surface area contributed by atoms with Crippen LogP contribution >= 0.6 is 15.9 Å². The third-order valence-corrected chi connectivity index (χ3v) is 2.57. The minimum Gasteiger partial charge on any atom is -0.350 e. The second-order valence-corrected chi connectivity index (χ2v) is 3.92. The summed E-state index contributed by atoms with van der Waals surface area (Å²) in [4.78, 5) is 10.8. The summed E-state index contributed by atoms with van der Waals surface area (Å²) in [6.45, 7) is 3.27. The zero-order chi connectivity index (χ0) is 10.7. The zero-order valence-corrected chi connectivity index (χ0v) is 8.92. The molecule has 0 aromatic carbocycles. The lowest BCUT2D eigenvalue weighted by atomic mass is 10.1. The predicted octanol–water partition coefficient (Wildman–Crippen LogP) is 2.23. The van der Waals surface area contributed by atoms with E-state index in [0.717, 1.165) is 0 Å². The summed E-state index contributed by atoms with van der Waals surface area (Å²) in [5.41, 5.74) is -0.650. The molecule has 78 valence electrons. The molecular weight excluding hydrogens is 251 g/mol. The Hall–Kier alpha value is -0.260. The van der Waals surface area contributed by atoms with Crippen LogP contribution in [0.25, 0.3) is 0 Å². The van der Waals surface area contributed by atoms with Gasteiger partial charge in [-0.15, -0.1) is 0 Å². The Labute approximate surface area is 83.0 Å². The van der Waals surface area contributed by atoms with Crippen LogP contribution in [0.2, 0.25) is 0 Å². The highest BCUT2D eigenvalue weighted by molar-refractivity contribution is 9.09. The summed E-state index contributed by atoms with van der Waals surface area (Å²) in [5, 5.41) is 2.66. The fraction of sp³-hybridized carbons (Fsp3) is 0.857. The molecule has 0 heterocycles. The van der Waals surface area contributed by atoms with Gasteiger partial charge in [-0.1, -0.05) is 15.9 Å². The molecule has 0 aliphatic rings. The van der Waals surface area contributed by atoms with Gasteiger partial charge in [-0.2, -0.15) is 13.2 Å². The van der Waals surface area contributed by atoms with Gasteiger partial charge in [0.1, 0.15) is 6.42 Å². The molecule has 1 N–H and O–H groups in total. The van der Waals surface area contributed by atoms with Crippen LogP contribution < -0.4 is 5.32 Å². The summed E-state index contributed by atoms with van der Waals surface area (Å²) >= 11 is 3.08. The first-order valence-corrected chi connectivity index (χ1v) is 4.72. The number of carbonyl (C=O) groups excluding carboxylic acids is 1. The van der Waals surface area contributed by atoms with E-state index in [-0.39, 0.29) is 0 Å². The minimum atomic E-state index is -4.44. The summed E-state index contributed by atoms with van der Waals surface area (Å²) < 4.78 is 35.1. The van der Waals surface area contributed by atoms with E-state index in [0.29, 0.717) is 5.33 Å². The first-order valence-electron chi connectivity index (χ1n) is 3.60. The number of halogens is 4. The Morgan fingerprint density at radius 3 is 2.15 bits per heavy atom. The first kappa shape index (κ1) is 12.7.